The van der Waals surface area contributed by atoms with Crippen molar-refractivity contribution in [3.63, 3.8) is 0 Å². The lowest BCUT2D eigenvalue weighted by Gasteiger charge is -2.21. The van der Waals surface area contributed by atoms with Crippen LogP contribution in [0, 0.1) is 0 Å². The smallest absolute Gasteiger partial charge is 0.340 e. The molecule has 1 heterocycles. The molecule has 0 saturated carbocycles. The maximum atomic E-state index is 12.4. The van der Waals surface area contributed by atoms with E-state index in [-0.39, 0.29) is 11.4 Å². The highest BCUT2D eigenvalue weighted by atomic mass is 32.2. The first-order chi connectivity index (χ1) is 16.4. The molecule has 11 heteroatoms. The van der Waals surface area contributed by atoms with Crippen molar-refractivity contribution in [2.45, 2.75) is 50.0 Å². The number of sulfonamides is 1. The van der Waals surface area contributed by atoms with Gasteiger partial charge in [0.25, 0.3) is 10.0 Å². The maximum Gasteiger partial charge on any atom is 0.340 e. The first-order valence-corrected chi connectivity index (χ1v) is 13.1. The Morgan fingerprint density at radius 3 is 2.44 bits per heavy atom. The number of carbonyl (C=O) groups excluding carboxylic acids is 1. The lowest BCUT2D eigenvalue weighted by Crippen LogP contribution is -2.36. The second kappa shape index (κ2) is 15.4. The number of isothiocyanates is 1. The molecule has 0 bridgehead atoms. The van der Waals surface area contributed by atoms with Gasteiger partial charge in [-0.25, -0.2) is 13.2 Å². The molecule has 0 unspecified atom stereocenters. The number of thiocarbonyl (C=S) groups is 1. The van der Waals surface area contributed by atoms with E-state index in [2.05, 4.69) is 27.4 Å². The molecule has 9 nitrogen and oxygen atoms in total. The summed E-state index contributed by atoms with van der Waals surface area (Å²) in [5.74, 6) is -0.704. The standard InChI is InChI=1S/C23H31N5O4S2/c24-14-6-3-1-2-4-8-16-28(17-21-9-5-7-15-25-21)18-23(29)32-27-34(30,31)22-12-10-20(11-13-22)26-19-33/h5,7,9-13,15,27H,1-4,6,8,14,16-18,24H2. The quantitative estimate of drug-likeness (QED) is 0.154. The Kier molecular flexibility index (Phi) is 12.5. The van der Waals surface area contributed by atoms with Crippen LogP contribution >= 0.6 is 12.2 Å². The van der Waals surface area contributed by atoms with Gasteiger partial charge in [-0.1, -0.05) is 31.7 Å². The van der Waals surface area contributed by atoms with Gasteiger partial charge in [-0.15, -0.1) is 0 Å². The zero-order chi connectivity index (χ0) is 24.7. The summed E-state index contributed by atoms with van der Waals surface area (Å²) >= 11 is 4.52. The van der Waals surface area contributed by atoms with Gasteiger partial charge in [0.05, 0.1) is 28.0 Å². The molecule has 0 atom stereocenters. The number of unbranched alkanes of at least 4 members (excludes halogenated alkanes) is 5. The Balaban J connectivity index is 1.88. The third-order valence-corrected chi connectivity index (χ3v) is 6.27. The van der Waals surface area contributed by atoms with Crippen molar-refractivity contribution in [1.29, 1.82) is 0 Å². The molecule has 184 valence electrons. The molecule has 0 amide bonds. The Morgan fingerprint density at radius 2 is 1.79 bits per heavy atom. The second-order valence-electron chi connectivity index (χ2n) is 7.70. The molecule has 34 heavy (non-hydrogen) atoms. The highest BCUT2D eigenvalue weighted by Crippen LogP contribution is 2.16. The number of carbonyl (C=O) groups is 1. The van der Waals surface area contributed by atoms with Gasteiger partial charge < -0.3 is 10.6 Å². The summed E-state index contributed by atoms with van der Waals surface area (Å²) in [6.45, 7) is 1.76. The normalized spacial score (nSPS) is 11.2. The molecular weight excluding hydrogens is 474 g/mol. The Hall–Kier alpha value is -2.53. The first kappa shape index (κ1) is 27.7. The Bertz CT molecular complexity index is 1030. The molecule has 0 radical (unpaired) electrons. The van der Waals surface area contributed by atoms with Crippen molar-refractivity contribution in [2.75, 3.05) is 19.6 Å². The minimum absolute atomic E-state index is 0.0661. The molecule has 0 aliphatic carbocycles. The van der Waals surface area contributed by atoms with Gasteiger partial charge in [-0.2, -0.15) is 4.99 Å². The Morgan fingerprint density at radius 1 is 1.09 bits per heavy atom. The molecule has 1 aromatic heterocycles. The summed E-state index contributed by atoms with van der Waals surface area (Å²) in [5, 5.41) is 2.21. The molecule has 3 N–H and O–H groups in total. The summed E-state index contributed by atoms with van der Waals surface area (Å²) in [4.78, 5) is 29.1. The fraction of sp³-hybridized carbons (Fsp3) is 0.435. The monoisotopic (exact) mass is 505 g/mol. The van der Waals surface area contributed by atoms with Gasteiger partial charge >= 0.3 is 5.97 Å². The number of aliphatic imine (C=N–C) groups is 1. The van der Waals surface area contributed by atoms with Crippen LogP contribution in [0.4, 0.5) is 5.69 Å². The van der Waals surface area contributed by atoms with Crippen LogP contribution in [-0.2, 0) is 26.2 Å². The predicted molar refractivity (Wildman–Crippen MR) is 134 cm³/mol. The van der Waals surface area contributed by atoms with Crippen LogP contribution in [0.25, 0.3) is 0 Å². The predicted octanol–water partition coefficient (Wildman–Crippen LogP) is 3.35. The van der Waals surface area contributed by atoms with Gasteiger partial charge in [0.1, 0.15) is 0 Å². The minimum atomic E-state index is -4.03. The minimum Gasteiger partial charge on any atom is -0.354 e. The van der Waals surface area contributed by atoms with Crippen molar-refractivity contribution >= 4 is 39.1 Å². The number of nitrogens with one attached hydrogen (secondary N) is 1. The van der Waals surface area contributed by atoms with Crippen LogP contribution < -0.4 is 10.6 Å². The fourth-order valence-corrected chi connectivity index (χ4v) is 4.14. The van der Waals surface area contributed by atoms with E-state index in [9.17, 15) is 13.2 Å². The molecule has 0 saturated heterocycles. The van der Waals surface area contributed by atoms with Gasteiger partial charge in [0.15, 0.2) is 0 Å². The van der Waals surface area contributed by atoms with Crippen molar-refractivity contribution in [3.05, 3.63) is 54.4 Å². The average Bonchev–Trinajstić information content (AvgIpc) is 2.83. The topological polar surface area (TPSA) is 127 Å². The summed E-state index contributed by atoms with van der Waals surface area (Å²) in [6.07, 6.45) is 8.05. The van der Waals surface area contributed by atoms with Crippen molar-refractivity contribution in [2.24, 2.45) is 10.7 Å². The van der Waals surface area contributed by atoms with Crippen LogP contribution in [0.1, 0.15) is 44.2 Å². The fourth-order valence-electron chi connectivity index (χ4n) is 3.24. The molecule has 2 aromatic rings. The van der Waals surface area contributed by atoms with Crippen LogP contribution in [0.15, 0.2) is 58.5 Å². The van der Waals surface area contributed by atoms with Crippen molar-refractivity contribution < 1.29 is 18.0 Å². The molecular formula is C23H31N5O4S2. The largest absolute Gasteiger partial charge is 0.354 e. The number of aromatic nitrogens is 1. The number of benzene rings is 1. The summed E-state index contributed by atoms with van der Waals surface area (Å²) < 4.78 is 24.8. The summed E-state index contributed by atoms with van der Waals surface area (Å²) in [7, 11) is -4.03. The zero-order valence-electron chi connectivity index (χ0n) is 19.1. The third-order valence-electron chi connectivity index (χ3n) is 4.98. The van der Waals surface area contributed by atoms with Gasteiger partial charge in [0.2, 0.25) is 0 Å². The van der Waals surface area contributed by atoms with E-state index in [1.54, 1.807) is 6.20 Å². The maximum absolute atomic E-state index is 12.4. The van der Waals surface area contributed by atoms with Gasteiger partial charge in [0, 0.05) is 12.7 Å². The lowest BCUT2D eigenvalue weighted by atomic mass is 10.1. The van der Waals surface area contributed by atoms with Crippen LogP contribution in [0.3, 0.4) is 0 Å². The molecule has 0 fully saturated rings. The van der Waals surface area contributed by atoms with Crippen LogP contribution in [0.5, 0.6) is 0 Å². The van der Waals surface area contributed by atoms with Crippen LogP contribution in [-0.4, -0.2) is 49.1 Å². The molecule has 0 spiro atoms. The van der Waals surface area contributed by atoms with Gasteiger partial charge in [-0.3, -0.25) is 9.88 Å². The van der Waals surface area contributed by atoms with Gasteiger partial charge in [-0.05, 0) is 79.4 Å². The van der Waals surface area contributed by atoms with E-state index in [0.717, 1.165) is 50.8 Å². The zero-order valence-corrected chi connectivity index (χ0v) is 20.7. The lowest BCUT2D eigenvalue weighted by molar-refractivity contribution is -0.148. The van der Waals surface area contributed by atoms with E-state index in [1.807, 2.05) is 28.0 Å². The van der Waals surface area contributed by atoms with Crippen LogP contribution in [0.2, 0.25) is 0 Å². The Labute approximate surface area is 206 Å². The number of nitrogens with zero attached hydrogens (tertiary/aromatic N) is 3. The van der Waals surface area contributed by atoms with E-state index in [4.69, 9.17) is 10.6 Å². The molecule has 0 aliphatic heterocycles. The first-order valence-electron chi connectivity index (χ1n) is 11.2. The summed E-state index contributed by atoms with van der Waals surface area (Å²) in [5.41, 5.74) is 6.81. The van der Waals surface area contributed by atoms with E-state index in [1.165, 1.54) is 24.3 Å². The van der Waals surface area contributed by atoms with E-state index >= 15 is 0 Å². The second-order valence-corrected chi connectivity index (χ2v) is 9.53. The average molecular weight is 506 g/mol. The molecule has 0 aliphatic rings. The molecule has 2 rings (SSSR count). The summed E-state index contributed by atoms with van der Waals surface area (Å²) in [6, 6.07) is 11.2. The number of rotatable bonds is 16. The van der Waals surface area contributed by atoms with E-state index < -0.39 is 16.0 Å². The number of pyridine rings is 1. The molecule has 1 aromatic carbocycles. The van der Waals surface area contributed by atoms with Crippen molar-refractivity contribution in [1.82, 2.24) is 14.8 Å². The third kappa shape index (κ3) is 10.6. The van der Waals surface area contributed by atoms with E-state index in [0.29, 0.717) is 18.8 Å². The SMILES string of the molecule is NCCCCCCCCN(CC(=O)ONS(=O)(=O)c1ccc(N=C=S)cc1)Cc1ccccn1. The van der Waals surface area contributed by atoms with Crippen molar-refractivity contribution in [3.8, 4) is 0 Å². The number of hydrogen-bond donors (Lipinski definition) is 2. The number of hydrogen-bond acceptors (Lipinski definition) is 9. The highest BCUT2D eigenvalue weighted by Gasteiger charge is 2.19. The highest BCUT2D eigenvalue weighted by molar-refractivity contribution is 7.89. The number of nitrogens with two attached hydrogens (primary N) is 1.